The highest BCUT2D eigenvalue weighted by Crippen LogP contribution is 2.16. The number of hydrogen-bond donors (Lipinski definition) is 2. The maximum absolute atomic E-state index is 11.4. The Balaban J connectivity index is 2.59. The van der Waals surface area contributed by atoms with Crippen LogP contribution in [0.4, 0.5) is 4.79 Å². The highest BCUT2D eigenvalue weighted by Gasteiger charge is 2.14. The van der Waals surface area contributed by atoms with Gasteiger partial charge >= 0.3 is 6.09 Å². The molecule has 0 saturated heterocycles. The van der Waals surface area contributed by atoms with Crippen molar-refractivity contribution in [2.75, 3.05) is 0 Å². The molecule has 0 unspecified atom stereocenters. The molecule has 0 atom stereocenters. The molecule has 0 aromatic heterocycles. The molecule has 4 heteroatoms. The van der Waals surface area contributed by atoms with E-state index < -0.39 is 6.09 Å². The van der Waals surface area contributed by atoms with E-state index in [0.29, 0.717) is 5.75 Å². The third kappa shape index (κ3) is 4.74. The first kappa shape index (κ1) is 11.9. The van der Waals surface area contributed by atoms with Gasteiger partial charge in [0, 0.05) is 10.4 Å². The van der Waals surface area contributed by atoms with Crippen LogP contribution in [0.25, 0.3) is 0 Å². The number of nitrogens with one attached hydrogen (secondary N) is 1. The summed E-state index contributed by atoms with van der Waals surface area (Å²) in [4.78, 5) is 12.1. The van der Waals surface area contributed by atoms with Crippen molar-refractivity contribution in [1.82, 2.24) is 5.32 Å². The number of thiol groups is 1. The maximum Gasteiger partial charge on any atom is 0.413 e. The van der Waals surface area contributed by atoms with Gasteiger partial charge in [-0.15, -0.1) is 12.6 Å². The van der Waals surface area contributed by atoms with Crippen molar-refractivity contribution in [2.45, 2.75) is 31.2 Å². The number of rotatable bonds is 1. The quantitative estimate of drug-likeness (QED) is 0.721. The number of ether oxygens (including phenoxy) is 1. The van der Waals surface area contributed by atoms with Crippen LogP contribution in [0.5, 0.6) is 5.75 Å². The molecule has 0 saturated carbocycles. The van der Waals surface area contributed by atoms with Crippen molar-refractivity contribution in [1.29, 1.82) is 0 Å². The first-order valence-corrected chi connectivity index (χ1v) is 5.10. The smallest absolute Gasteiger partial charge is 0.410 e. The summed E-state index contributed by atoms with van der Waals surface area (Å²) in [6.07, 6.45) is -0.457. The van der Waals surface area contributed by atoms with Crippen LogP contribution in [0.2, 0.25) is 0 Å². The molecule has 0 heterocycles. The van der Waals surface area contributed by atoms with Gasteiger partial charge < -0.3 is 10.1 Å². The lowest BCUT2D eigenvalue weighted by Crippen LogP contribution is -2.42. The lowest BCUT2D eigenvalue weighted by molar-refractivity contribution is 0.190. The van der Waals surface area contributed by atoms with Crippen molar-refractivity contribution in [3.63, 3.8) is 0 Å². The second-order valence-electron chi connectivity index (χ2n) is 4.26. The van der Waals surface area contributed by atoms with Crippen LogP contribution >= 0.6 is 12.6 Å². The molecule has 3 nitrogen and oxygen atoms in total. The second kappa shape index (κ2) is 4.57. The zero-order chi connectivity index (χ0) is 11.5. The lowest BCUT2D eigenvalue weighted by Gasteiger charge is -2.19. The minimum atomic E-state index is -0.457. The molecule has 1 amide bonds. The number of benzene rings is 1. The molecular weight excluding hydrogens is 210 g/mol. The summed E-state index contributed by atoms with van der Waals surface area (Å²) in [6, 6.07) is 6.99. The Kier molecular flexibility index (Phi) is 3.63. The Bertz CT molecular complexity index is 358. The Hall–Kier alpha value is -1.16. The highest BCUT2D eigenvalue weighted by atomic mass is 32.1. The van der Waals surface area contributed by atoms with Crippen molar-refractivity contribution in [3.8, 4) is 5.75 Å². The summed E-state index contributed by atoms with van der Waals surface area (Å²) in [5.41, 5.74) is -0.296. The number of carbonyl (C=O) groups excluding carboxylic acids is 1. The van der Waals surface area contributed by atoms with Crippen molar-refractivity contribution in [2.24, 2.45) is 0 Å². The van der Waals surface area contributed by atoms with Gasteiger partial charge in [-0.25, -0.2) is 4.79 Å². The third-order valence-electron chi connectivity index (χ3n) is 1.51. The molecule has 1 N–H and O–H groups in total. The maximum atomic E-state index is 11.4. The van der Waals surface area contributed by atoms with Gasteiger partial charge in [-0.1, -0.05) is 6.07 Å². The van der Waals surface area contributed by atoms with Crippen LogP contribution in [-0.4, -0.2) is 11.6 Å². The van der Waals surface area contributed by atoms with Crippen LogP contribution in [0.15, 0.2) is 29.2 Å². The van der Waals surface area contributed by atoms with Gasteiger partial charge in [0.25, 0.3) is 0 Å². The molecule has 82 valence electrons. The molecular formula is C11H15NO2S. The highest BCUT2D eigenvalue weighted by molar-refractivity contribution is 7.80. The molecule has 0 aliphatic rings. The summed E-state index contributed by atoms with van der Waals surface area (Å²) in [6.45, 7) is 5.68. The molecule has 15 heavy (non-hydrogen) atoms. The van der Waals surface area contributed by atoms with E-state index in [9.17, 15) is 4.79 Å². The van der Waals surface area contributed by atoms with Crippen LogP contribution < -0.4 is 10.1 Å². The lowest BCUT2D eigenvalue weighted by atomic mass is 10.1. The van der Waals surface area contributed by atoms with Crippen LogP contribution in [0, 0.1) is 0 Å². The SMILES string of the molecule is CC(C)(C)NC(=O)Oc1cccc(S)c1. The average Bonchev–Trinajstić information content (AvgIpc) is 1.99. The molecule has 0 aliphatic heterocycles. The van der Waals surface area contributed by atoms with Gasteiger partial charge in [0.15, 0.2) is 0 Å². The van der Waals surface area contributed by atoms with Gasteiger partial charge in [-0.3, -0.25) is 0 Å². The van der Waals surface area contributed by atoms with E-state index in [0.717, 1.165) is 4.90 Å². The Labute approximate surface area is 95.2 Å². The Morgan fingerprint density at radius 3 is 2.60 bits per heavy atom. The summed E-state index contributed by atoms with van der Waals surface area (Å²) in [7, 11) is 0. The predicted molar refractivity (Wildman–Crippen MR) is 62.6 cm³/mol. The summed E-state index contributed by atoms with van der Waals surface area (Å²) in [5.74, 6) is 0.490. The van der Waals surface area contributed by atoms with Gasteiger partial charge in [0.05, 0.1) is 0 Å². The van der Waals surface area contributed by atoms with Crippen molar-refractivity contribution >= 4 is 18.7 Å². The van der Waals surface area contributed by atoms with Crippen LogP contribution in [0.1, 0.15) is 20.8 Å². The minimum absolute atomic E-state index is 0.296. The predicted octanol–water partition coefficient (Wildman–Crippen LogP) is 2.86. The fourth-order valence-corrected chi connectivity index (χ4v) is 1.20. The van der Waals surface area contributed by atoms with Gasteiger partial charge in [0.2, 0.25) is 0 Å². The molecule has 1 rings (SSSR count). The van der Waals surface area contributed by atoms with E-state index in [-0.39, 0.29) is 5.54 Å². The standard InChI is InChI=1S/C11H15NO2S/c1-11(2,3)12-10(13)14-8-5-4-6-9(15)7-8/h4-7,15H,1-3H3,(H,12,13). The fraction of sp³-hybridized carbons (Fsp3) is 0.364. The first-order valence-electron chi connectivity index (χ1n) is 4.66. The van der Waals surface area contributed by atoms with Crippen molar-refractivity contribution in [3.05, 3.63) is 24.3 Å². The monoisotopic (exact) mass is 225 g/mol. The van der Waals surface area contributed by atoms with E-state index in [1.54, 1.807) is 18.2 Å². The van der Waals surface area contributed by atoms with Crippen LogP contribution in [-0.2, 0) is 0 Å². The third-order valence-corrected chi connectivity index (χ3v) is 1.78. The van der Waals surface area contributed by atoms with Gasteiger partial charge in [-0.05, 0) is 39.0 Å². The van der Waals surface area contributed by atoms with Gasteiger partial charge in [0.1, 0.15) is 5.75 Å². The molecule has 0 spiro atoms. The molecule has 1 aromatic rings. The Morgan fingerprint density at radius 1 is 1.40 bits per heavy atom. The number of hydrogen-bond acceptors (Lipinski definition) is 3. The van der Waals surface area contributed by atoms with Gasteiger partial charge in [-0.2, -0.15) is 0 Å². The molecule has 0 aliphatic carbocycles. The zero-order valence-corrected chi connectivity index (χ0v) is 9.97. The molecule has 0 bridgehead atoms. The van der Waals surface area contributed by atoms with E-state index in [4.69, 9.17) is 4.74 Å². The summed E-state index contributed by atoms with van der Waals surface area (Å²) < 4.78 is 5.07. The van der Waals surface area contributed by atoms with E-state index in [2.05, 4.69) is 17.9 Å². The average molecular weight is 225 g/mol. The number of carbonyl (C=O) groups is 1. The summed E-state index contributed by atoms with van der Waals surface area (Å²) in [5, 5.41) is 2.70. The normalized spacial score (nSPS) is 10.9. The van der Waals surface area contributed by atoms with E-state index in [1.165, 1.54) is 0 Å². The second-order valence-corrected chi connectivity index (χ2v) is 4.78. The topological polar surface area (TPSA) is 38.3 Å². The molecule has 0 radical (unpaired) electrons. The Morgan fingerprint density at radius 2 is 2.07 bits per heavy atom. The van der Waals surface area contributed by atoms with Crippen LogP contribution in [0.3, 0.4) is 0 Å². The zero-order valence-electron chi connectivity index (χ0n) is 9.07. The first-order chi connectivity index (χ1) is 6.87. The van der Waals surface area contributed by atoms with E-state index >= 15 is 0 Å². The van der Waals surface area contributed by atoms with E-state index in [1.807, 2.05) is 26.8 Å². The fourth-order valence-electron chi connectivity index (χ4n) is 0.986. The largest absolute Gasteiger partial charge is 0.413 e. The molecule has 1 aromatic carbocycles. The summed E-state index contributed by atoms with van der Waals surface area (Å²) >= 11 is 4.15. The number of amides is 1. The molecule has 0 fully saturated rings. The minimum Gasteiger partial charge on any atom is -0.410 e. The van der Waals surface area contributed by atoms with Crippen molar-refractivity contribution < 1.29 is 9.53 Å².